The number of para-hydroxylation sites is 1. The fourth-order valence-corrected chi connectivity index (χ4v) is 6.67. The molecule has 1 N–H and O–H groups in total. The number of aliphatic hydroxyl groups excluding tert-OH is 1. The number of benzene rings is 3. The quantitative estimate of drug-likeness (QED) is 0.0697. The highest BCUT2D eigenvalue weighted by Gasteiger charge is 2.46. The molecule has 3 heterocycles. The van der Waals surface area contributed by atoms with Crippen LogP contribution in [-0.2, 0) is 10.5 Å². The zero-order chi connectivity index (χ0) is 29.9. The van der Waals surface area contributed by atoms with Crippen LogP contribution in [0, 0.1) is 6.92 Å². The van der Waals surface area contributed by atoms with E-state index in [1.165, 1.54) is 33.6 Å². The lowest BCUT2D eigenvalue weighted by Gasteiger charge is -2.24. The molecule has 0 fully saturated rings. The van der Waals surface area contributed by atoms with Crippen molar-refractivity contribution in [3.05, 3.63) is 113 Å². The molecule has 1 amide bonds. The second-order valence-corrected chi connectivity index (χ2v) is 12.4. The van der Waals surface area contributed by atoms with Gasteiger partial charge in [-0.3, -0.25) is 14.5 Å². The average molecular weight is 612 g/mol. The lowest BCUT2D eigenvalue weighted by atomic mass is 9.95. The molecule has 0 spiro atoms. The number of thioether (sulfide) groups is 1. The summed E-state index contributed by atoms with van der Waals surface area (Å²) in [5.74, 6) is -0.533. The van der Waals surface area contributed by atoms with E-state index in [0.717, 1.165) is 23.8 Å². The monoisotopic (exact) mass is 611 g/mol. The van der Waals surface area contributed by atoms with E-state index < -0.39 is 23.5 Å². The van der Waals surface area contributed by atoms with Gasteiger partial charge in [0.15, 0.2) is 15.9 Å². The van der Waals surface area contributed by atoms with Crippen molar-refractivity contribution < 1.29 is 23.8 Å². The molecule has 5 aromatic rings. The number of hydrogen-bond donors (Lipinski definition) is 1. The number of nitrogens with zero attached hydrogens (tertiary/aromatic N) is 3. The molecular formula is C33H29N3O5S2. The van der Waals surface area contributed by atoms with Gasteiger partial charge in [0.25, 0.3) is 5.91 Å². The summed E-state index contributed by atoms with van der Waals surface area (Å²) in [7, 11) is 0. The van der Waals surface area contributed by atoms with Gasteiger partial charge in [-0.15, -0.1) is 10.2 Å². The lowest BCUT2D eigenvalue weighted by molar-refractivity contribution is -0.117. The van der Waals surface area contributed by atoms with Crippen LogP contribution in [-0.4, -0.2) is 33.6 Å². The summed E-state index contributed by atoms with van der Waals surface area (Å²) in [6.07, 6.45) is 1.95. The summed E-state index contributed by atoms with van der Waals surface area (Å²) < 4.78 is 12.3. The number of amides is 1. The van der Waals surface area contributed by atoms with E-state index in [0.29, 0.717) is 33.6 Å². The predicted molar refractivity (Wildman–Crippen MR) is 168 cm³/mol. The first-order chi connectivity index (χ1) is 20.9. The molecular weight excluding hydrogens is 583 g/mol. The first-order valence-electron chi connectivity index (χ1n) is 14.0. The predicted octanol–water partition coefficient (Wildman–Crippen LogP) is 7.85. The van der Waals surface area contributed by atoms with Crippen LogP contribution in [0.4, 0.5) is 5.13 Å². The molecule has 0 bridgehead atoms. The van der Waals surface area contributed by atoms with Crippen LogP contribution in [0.1, 0.15) is 53.1 Å². The van der Waals surface area contributed by atoms with E-state index >= 15 is 0 Å². The van der Waals surface area contributed by atoms with Gasteiger partial charge < -0.3 is 14.3 Å². The molecule has 0 saturated heterocycles. The smallest absolute Gasteiger partial charge is 0.296 e. The molecule has 1 aliphatic heterocycles. The van der Waals surface area contributed by atoms with Gasteiger partial charge in [-0.25, -0.2) is 0 Å². The molecule has 1 atom stereocenters. The minimum Gasteiger partial charge on any atom is -0.503 e. The highest BCUT2D eigenvalue weighted by molar-refractivity contribution is 8.00. The van der Waals surface area contributed by atoms with E-state index in [2.05, 4.69) is 41.4 Å². The van der Waals surface area contributed by atoms with Gasteiger partial charge in [-0.05, 0) is 48.7 Å². The Bertz CT molecular complexity index is 1780. The highest BCUT2D eigenvalue weighted by atomic mass is 32.2. The Balaban J connectivity index is 1.33. The standard InChI is InChI=1S/C33H29N3O5S2/c1-3-4-17-40-24-15-13-22(14-16-24)28-27(29(37)26-18-23-7-5-6-8-25(23)41-26)30(38)31(39)36(28)32-34-35-33(43-32)42-19-21-11-9-20(2)10-12-21/h5-16,18,28,38H,3-4,17,19H2,1-2H3/t28-/m1/s1. The molecule has 6 rings (SSSR count). The topological polar surface area (TPSA) is 106 Å². The van der Waals surface area contributed by atoms with Crippen LogP contribution in [0.2, 0.25) is 0 Å². The van der Waals surface area contributed by atoms with Gasteiger partial charge in [0.05, 0.1) is 18.2 Å². The number of aliphatic hydroxyl groups is 1. The number of Topliss-reactive ketones (excluding diaryl/α,β-unsaturated/α-hetero) is 1. The van der Waals surface area contributed by atoms with Crippen molar-refractivity contribution in [2.75, 3.05) is 11.5 Å². The number of fused-ring (bicyclic) bond motifs is 1. The fourth-order valence-electron chi connectivity index (χ4n) is 4.84. The third kappa shape index (κ3) is 5.93. The first kappa shape index (κ1) is 28.7. The maximum atomic E-state index is 13.9. The van der Waals surface area contributed by atoms with Crippen LogP contribution < -0.4 is 9.64 Å². The maximum absolute atomic E-state index is 13.9. The van der Waals surface area contributed by atoms with Crippen LogP contribution in [0.5, 0.6) is 5.75 Å². The van der Waals surface area contributed by atoms with E-state index in [-0.39, 0.29) is 16.5 Å². The number of rotatable bonds is 11. The second kappa shape index (κ2) is 12.4. The van der Waals surface area contributed by atoms with Crippen LogP contribution in [0.15, 0.2) is 99.0 Å². The van der Waals surface area contributed by atoms with Gasteiger partial charge in [0, 0.05) is 11.1 Å². The van der Waals surface area contributed by atoms with Gasteiger partial charge in [0.1, 0.15) is 11.3 Å². The molecule has 43 heavy (non-hydrogen) atoms. The molecule has 0 saturated carbocycles. The van der Waals surface area contributed by atoms with Gasteiger partial charge in [-0.1, -0.05) is 96.6 Å². The Kier molecular flexibility index (Phi) is 8.31. The third-order valence-corrected chi connectivity index (χ3v) is 9.28. The van der Waals surface area contributed by atoms with Gasteiger partial charge in [0.2, 0.25) is 10.9 Å². The maximum Gasteiger partial charge on any atom is 0.296 e. The molecule has 3 aromatic carbocycles. The summed E-state index contributed by atoms with van der Waals surface area (Å²) in [6, 6.07) is 23.4. The SMILES string of the molecule is CCCCOc1ccc([C@@H]2C(C(=O)c3cc4ccccc4o3)=C(O)C(=O)N2c2nnc(SCc3ccc(C)cc3)s2)cc1. The van der Waals surface area contributed by atoms with Gasteiger partial charge >= 0.3 is 0 Å². The number of ether oxygens (including phenoxy) is 1. The number of aromatic nitrogens is 2. The number of unbranched alkanes of at least 4 members (excludes halogenated alkanes) is 1. The number of furan rings is 1. The van der Waals surface area contributed by atoms with E-state index in [4.69, 9.17) is 9.15 Å². The molecule has 0 unspecified atom stereocenters. The summed E-state index contributed by atoms with van der Waals surface area (Å²) in [6.45, 7) is 4.73. The van der Waals surface area contributed by atoms with Crippen LogP contribution >= 0.6 is 23.1 Å². The molecule has 2 aromatic heterocycles. The largest absolute Gasteiger partial charge is 0.503 e. The number of ketones is 1. The Labute approximate surface area is 257 Å². The Hall–Kier alpha value is -4.41. The number of carbonyl (C=O) groups is 2. The van der Waals surface area contributed by atoms with Crippen molar-refractivity contribution in [2.45, 2.75) is 42.8 Å². The zero-order valence-electron chi connectivity index (χ0n) is 23.6. The summed E-state index contributed by atoms with van der Waals surface area (Å²) in [4.78, 5) is 28.9. The minimum absolute atomic E-state index is 0.0357. The number of aryl methyl sites for hydroxylation is 1. The minimum atomic E-state index is -0.944. The molecule has 8 nitrogen and oxygen atoms in total. The van der Waals surface area contributed by atoms with Crippen molar-refractivity contribution in [1.82, 2.24) is 10.2 Å². The van der Waals surface area contributed by atoms with Crippen LogP contribution in [0.25, 0.3) is 11.0 Å². The van der Waals surface area contributed by atoms with Crippen molar-refractivity contribution in [2.24, 2.45) is 0 Å². The summed E-state index contributed by atoms with van der Waals surface area (Å²) >= 11 is 2.74. The lowest BCUT2D eigenvalue weighted by Crippen LogP contribution is -2.31. The van der Waals surface area contributed by atoms with Crippen LogP contribution in [0.3, 0.4) is 0 Å². The summed E-state index contributed by atoms with van der Waals surface area (Å²) in [5.41, 5.74) is 3.40. The van der Waals surface area contributed by atoms with Crippen molar-refractivity contribution in [1.29, 1.82) is 0 Å². The molecule has 1 aliphatic rings. The fraction of sp³-hybridized carbons (Fsp3) is 0.212. The average Bonchev–Trinajstić information content (AvgIpc) is 3.73. The number of anilines is 1. The zero-order valence-corrected chi connectivity index (χ0v) is 25.3. The van der Waals surface area contributed by atoms with Crippen molar-refractivity contribution in [3.63, 3.8) is 0 Å². The van der Waals surface area contributed by atoms with Crippen molar-refractivity contribution >= 4 is 50.9 Å². The van der Waals surface area contributed by atoms with Gasteiger partial charge in [-0.2, -0.15) is 0 Å². The van der Waals surface area contributed by atoms with E-state index in [1.54, 1.807) is 36.4 Å². The van der Waals surface area contributed by atoms with Crippen molar-refractivity contribution in [3.8, 4) is 5.75 Å². The Morgan fingerprint density at radius 3 is 2.58 bits per heavy atom. The van der Waals surface area contributed by atoms with E-state index in [1.807, 2.05) is 25.1 Å². The first-order valence-corrected chi connectivity index (χ1v) is 15.8. The third-order valence-electron chi connectivity index (χ3n) is 7.15. The Morgan fingerprint density at radius 1 is 1.07 bits per heavy atom. The molecule has 0 radical (unpaired) electrons. The molecule has 0 aliphatic carbocycles. The normalized spacial score (nSPS) is 15.1. The second-order valence-electron chi connectivity index (χ2n) is 10.2. The number of hydrogen-bond acceptors (Lipinski definition) is 9. The molecule has 218 valence electrons. The summed E-state index contributed by atoms with van der Waals surface area (Å²) in [5, 5.41) is 20.8. The Morgan fingerprint density at radius 2 is 1.84 bits per heavy atom. The highest BCUT2D eigenvalue weighted by Crippen LogP contribution is 2.44. The van der Waals surface area contributed by atoms with E-state index in [9.17, 15) is 14.7 Å². The molecule has 10 heteroatoms. The number of carbonyl (C=O) groups excluding carboxylic acids is 2.